The van der Waals surface area contributed by atoms with E-state index in [0.29, 0.717) is 30.3 Å². The van der Waals surface area contributed by atoms with Crippen LogP contribution in [0.1, 0.15) is 114 Å². The van der Waals surface area contributed by atoms with Crippen LogP contribution in [0.15, 0.2) is 23.3 Å². The summed E-state index contributed by atoms with van der Waals surface area (Å²) in [6, 6.07) is 0. The zero-order valence-corrected chi connectivity index (χ0v) is 35.2. The fourth-order valence-electron chi connectivity index (χ4n) is 13.2. The van der Waals surface area contributed by atoms with Crippen LogP contribution in [0.5, 0.6) is 0 Å². The molecular formula is C44H72O12. The van der Waals surface area contributed by atoms with Gasteiger partial charge in [0.1, 0.15) is 42.7 Å². The highest BCUT2D eigenvalue weighted by Gasteiger charge is 2.67. The van der Waals surface area contributed by atoms with E-state index in [1.54, 1.807) is 12.5 Å². The molecule has 7 rings (SSSR count). The van der Waals surface area contributed by atoms with E-state index in [0.717, 1.165) is 32.1 Å². The third kappa shape index (κ3) is 7.01. The lowest BCUT2D eigenvalue weighted by atomic mass is 9.41. The van der Waals surface area contributed by atoms with Crippen molar-refractivity contribution >= 4 is 0 Å². The maximum absolute atomic E-state index is 11.1. The minimum absolute atomic E-state index is 0.0585. The van der Waals surface area contributed by atoms with E-state index in [1.165, 1.54) is 24.8 Å². The molecule has 20 atom stereocenters. The molecule has 3 heterocycles. The molecule has 0 bridgehead atoms. The van der Waals surface area contributed by atoms with Crippen molar-refractivity contribution in [3.8, 4) is 0 Å². The SMILES string of the molecule is CCO[C@H]1O[C@@H](C=C(C)C)C[C@@H]1[C@H]1CC[C@]2(C)C3=CC[C@H]4C(C)(C)[C@@H](O[C@H]5O[C@@H](CO[C@H]6O[C@H](C)[C@H](O)[C@@H](O)[C@H]6O)[C@@H](O)[C@H](O)[C@@H]5O)CC[C@]4(C)[C@H]3CC[C@@]12C. The average molecular weight is 793 g/mol. The van der Waals surface area contributed by atoms with Gasteiger partial charge < -0.3 is 59.1 Å². The Morgan fingerprint density at radius 2 is 1.48 bits per heavy atom. The topological polar surface area (TPSA) is 177 Å². The first-order valence-corrected chi connectivity index (χ1v) is 21.6. The minimum atomic E-state index is -1.56. The van der Waals surface area contributed by atoms with E-state index in [1.807, 2.05) is 0 Å². The fraction of sp³-hybridized carbons (Fsp3) is 0.909. The molecule has 12 heteroatoms. The molecule has 6 fully saturated rings. The summed E-state index contributed by atoms with van der Waals surface area (Å²) >= 11 is 0. The van der Waals surface area contributed by atoms with Gasteiger partial charge in [0.15, 0.2) is 18.9 Å². The molecule has 12 nitrogen and oxygen atoms in total. The van der Waals surface area contributed by atoms with Gasteiger partial charge in [-0.3, -0.25) is 0 Å². The lowest BCUT2D eigenvalue weighted by Gasteiger charge is -2.65. The molecule has 0 amide bonds. The first-order chi connectivity index (χ1) is 26.3. The van der Waals surface area contributed by atoms with Gasteiger partial charge in [-0.25, -0.2) is 0 Å². The van der Waals surface area contributed by atoms with Crippen LogP contribution < -0.4 is 0 Å². The number of aliphatic hydroxyl groups excluding tert-OH is 6. The largest absolute Gasteiger partial charge is 0.388 e. The molecule has 0 spiro atoms. The number of rotatable bonds is 9. The molecule has 0 aromatic rings. The van der Waals surface area contributed by atoms with Crippen LogP contribution >= 0.6 is 0 Å². The molecule has 0 radical (unpaired) electrons. The minimum Gasteiger partial charge on any atom is -0.388 e. The van der Waals surface area contributed by atoms with Gasteiger partial charge in [-0.1, -0.05) is 57.9 Å². The van der Waals surface area contributed by atoms with Gasteiger partial charge in [0.2, 0.25) is 0 Å². The molecule has 320 valence electrons. The quantitative estimate of drug-likeness (QED) is 0.182. The summed E-state index contributed by atoms with van der Waals surface area (Å²) in [5.41, 5.74) is 2.95. The normalized spacial score (nSPS) is 52.8. The number of hydrogen-bond acceptors (Lipinski definition) is 12. The summed E-state index contributed by atoms with van der Waals surface area (Å²) in [6.07, 6.45) is -0.400. The Bertz CT molecular complexity index is 1460. The van der Waals surface area contributed by atoms with Crippen molar-refractivity contribution < 1.29 is 59.1 Å². The lowest BCUT2D eigenvalue weighted by molar-refractivity contribution is -0.342. The average Bonchev–Trinajstić information content (AvgIpc) is 3.65. The van der Waals surface area contributed by atoms with Crippen molar-refractivity contribution in [2.24, 2.45) is 45.3 Å². The molecule has 3 saturated heterocycles. The van der Waals surface area contributed by atoms with E-state index in [9.17, 15) is 30.6 Å². The third-order valence-electron chi connectivity index (χ3n) is 16.6. The monoisotopic (exact) mass is 793 g/mol. The number of fused-ring (bicyclic) bond motifs is 5. The summed E-state index contributed by atoms with van der Waals surface area (Å²) in [4.78, 5) is 0. The summed E-state index contributed by atoms with van der Waals surface area (Å²) in [5.74, 6) is 1.68. The fourth-order valence-corrected chi connectivity index (χ4v) is 13.2. The maximum Gasteiger partial charge on any atom is 0.186 e. The van der Waals surface area contributed by atoms with Crippen molar-refractivity contribution in [3.63, 3.8) is 0 Å². The first kappa shape index (κ1) is 43.1. The predicted octanol–water partition coefficient (Wildman–Crippen LogP) is 4.36. The Balaban J connectivity index is 1.05. The van der Waals surface area contributed by atoms with Crippen molar-refractivity contribution in [1.29, 1.82) is 0 Å². The first-order valence-electron chi connectivity index (χ1n) is 21.6. The zero-order chi connectivity index (χ0) is 40.7. The standard InChI is InChI=1S/C44H72O12/c1-10-51-38-25(20-24(54-38)19-22(2)3)26-13-17-44(9)28-11-12-30-41(5,6)31(15-16-42(30,7)27(28)14-18-43(26,44)8)56-40-37(50)35(48)33(46)29(55-40)21-52-39-36(49)34(47)32(45)23(4)53-39/h11,19,23-27,29-40,45-50H,10,12-18,20-21H2,1-9H3/t23-,24+,25-,26-,27+,29+,30+,31+,32+,33-,34-,35+,36-,37+,38+,39+,40-,42-,43+,44-/m1/s1. The summed E-state index contributed by atoms with van der Waals surface area (Å²) in [6.45, 7) is 20.4. The lowest BCUT2D eigenvalue weighted by Crippen LogP contribution is -2.63. The molecule has 0 unspecified atom stereocenters. The molecule has 3 saturated carbocycles. The van der Waals surface area contributed by atoms with Gasteiger partial charge in [0.25, 0.3) is 0 Å². The Hall–Kier alpha value is -1.00. The van der Waals surface area contributed by atoms with Gasteiger partial charge in [-0.15, -0.1) is 0 Å². The van der Waals surface area contributed by atoms with Crippen LogP contribution in [0.25, 0.3) is 0 Å². The Morgan fingerprint density at radius 1 is 0.786 bits per heavy atom. The molecule has 6 N–H and O–H groups in total. The molecule has 7 aliphatic rings. The highest BCUT2D eigenvalue weighted by Crippen LogP contribution is 2.74. The van der Waals surface area contributed by atoms with Crippen LogP contribution in [0.2, 0.25) is 0 Å². The second-order valence-corrected chi connectivity index (χ2v) is 20.1. The van der Waals surface area contributed by atoms with Gasteiger partial charge in [-0.05, 0) is 118 Å². The van der Waals surface area contributed by atoms with Crippen molar-refractivity contribution in [3.05, 3.63) is 23.3 Å². The smallest absolute Gasteiger partial charge is 0.186 e. The van der Waals surface area contributed by atoms with Crippen LogP contribution in [-0.2, 0) is 28.4 Å². The summed E-state index contributed by atoms with van der Waals surface area (Å²) in [7, 11) is 0. The maximum atomic E-state index is 11.1. The van der Waals surface area contributed by atoms with Gasteiger partial charge >= 0.3 is 0 Å². The summed E-state index contributed by atoms with van der Waals surface area (Å²) in [5, 5.41) is 63.6. The van der Waals surface area contributed by atoms with E-state index in [-0.39, 0.29) is 46.8 Å². The van der Waals surface area contributed by atoms with Crippen LogP contribution in [-0.4, -0.2) is 124 Å². The Labute approximate surface area is 333 Å². The molecular weight excluding hydrogens is 720 g/mol. The van der Waals surface area contributed by atoms with Crippen molar-refractivity contribution in [2.75, 3.05) is 13.2 Å². The number of aliphatic hydroxyl groups is 6. The Morgan fingerprint density at radius 3 is 2.18 bits per heavy atom. The number of allylic oxidation sites excluding steroid dienone is 3. The summed E-state index contributed by atoms with van der Waals surface area (Å²) < 4.78 is 36.8. The molecule has 0 aromatic heterocycles. The van der Waals surface area contributed by atoms with E-state index in [2.05, 4.69) is 67.5 Å². The van der Waals surface area contributed by atoms with E-state index >= 15 is 0 Å². The predicted molar refractivity (Wildman–Crippen MR) is 207 cm³/mol. The zero-order valence-electron chi connectivity index (χ0n) is 35.2. The van der Waals surface area contributed by atoms with Crippen LogP contribution in [0, 0.1) is 45.3 Å². The van der Waals surface area contributed by atoms with Crippen LogP contribution in [0.4, 0.5) is 0 Å². The molecule has 4 aliphatic carbocycles. The molecule has 3 aliphatic heterocycles. The van der Waals surface area contributed by atoms with E-state index in [4.69, 9.17) is 28.4 Å². The van der Waals surface area contributed by atoms with Crippen molar-refractivity contribution in [2.45, 2.75) is 194 Å². The highest BCUT2D eigenvalue weighted by atomic mass is 16.7. The number of hydrogen-bond donors (Lipinski definition) is 6. The third-order valence-corrected chi connectivity index (χ3v) is 16.6. The second kappa shape index (κ2) is 15.8. The Kier molecular flexibility index (Phi) is 12.2. The van der Waals surface area contributed by atoms with Gasteiger partial charge in [-0.2, -0.15) is 0 Å². The van der Waals surface area contributed by atoms with Crippen LogP contribution in [0.3, 0.4) is 0 Å². The van der Waals surface area contributed by atoms with Gasteiger partial charge in [0, 0.05) is 12.5 Å². The second-order valence-electron chi connectivity index (χ2n) is 20.1. The highest BCUT2D eigenvalue weighted by molar-refractivity contribution is 5.33. The van der Waals surface area contributed by atoms with Crippen molar-refractivity contribution in [1.82, 2.24) is 0 Å². The van der Waals surface area contributed by atoms with Gasteiger partial charge in [0.05, 0.1) is 24.9 Å². The van der Waals surface area contributed by atoms with E-state index < -0.39 is 61.4 Å². The molecule has 0 aromatic carbocycles. The molecule has 56 heavy (non-hydrogen) atoms. The number of ether oxygens (including phenoxy) is 6.